The van der Waals surface area contributed by atoms with Gasteiger partial charge in [-0.05, 0) is 12.1 Å². The Labute approximate surface area is 112 Å². The molecule has 0 bridgehead atoms. The molecule has 2 heterocycles. The van der Waals surface area contributed by atoms with Crippen molar-refractivity contribution in [1.29, 1.82) is 0 Å². The van der Waals surface area contributed by atoms with Gasteiger partial charge in [0.25, 0.3) is 0 Å². The summed E-state index contributed by atoms with van der Waals surface area (Å²) in [5, 5.41) is 0.525. The SMILES string of the molecule is Cl.FC(F)(F)c1ccc(SCC2OCCO2)nc1. The van der Waals surface area contributed by atoms with Gasteiger partial charge in [0.05, 0.1) is 29.6 Å². The van der Waals surface area contributed by atoms with E-state index in [4.69, 9.17) is 9.47 Å². The average molecular weight is 302 g/mol. The number of thioether (sulfide) groups is 1. The summed E-state index contributed by atoms with van der Waals surface area (Å²) in [7, 11) is 0. The van der Waals surface area contributed by atoms with E-state index in [-0.39, 0.29) is 18.7 Å². The number of alkyl halides is 3. The minimum atomic E-state index is -4.34. The summed E-state index contributed by atoms with van der Waals surface area (Å²) in [6.45, 7) is 1.12. The van der Waals surface area contributed by atoms with Crippen LogP contribution >= 0.6 is 24.2 Å². The van der Waals surface area contributed by atoms with Gasteiger partial charge >= 0.3 is 6.18 Å². The molecule has 1 aromatic heterocycles. The maximum absolute atomic E-state index is 12.3. The van der Waals surface area contributed by atoms with Crippen LogP contribution in [-0.4, -0.2) is 30.2 Å². The van der Waals surface area contributed by atoms with Crippen LogP contribution in [0.15, 0.2) is 23.4 Å². The maximum atomic E-state index is 12.3. The molecule has 0 aliphatic carbocycles. The summed E-state index contributed by atoms with van der Waals surface area (Å²) in [5.74, 6) is 0.526. The summed E-state index contributed by atoms with van der Waals surface area (Å²) in [6.07, 6.45) is -3.80. The van der Waals surface area contributed by atoms with E-state index in [0.29, 0.717) is 24.0 Å². The Morgan fingerprint density at radius 3 is 2.44 bits per heavy atom. The topological polar surface area (TPSA) is 31.4 Å². The molecule has 0 atom stereocenters. The maximum Gasteiger partial charge on any atom is 0.417 e. The summed E-state index contributed by atoms with van der Waals surface area (Å²) < 4.78 is 47.2. The van der Waals surface area contributed by atoms with Gasteiger partial charge in [0.1, 0.15) is 0 Å². The number of pyridine rings is 1. The van der Waals surface area contributed by atoms with Gasteiger partial charge in [-0.25, -0.2) is 4.98 Å². The normalized spacial score (nSPS) is 16.6. The molecule has 1 fully saturated rings. The number of hydrogen-bond donors (Lipinski definition) is 0. The van der Waals surface area contributed by atoms with E-state index in [0.717, 1.165) is 12.3 Å². The van der Waals surface area contributed by atoms with Gasteiger partial charge in [0.15, 0.2) is 6.29 Å². The van der Waals surface area contributed by atoms with Gasteiger partial charge in [-0.3, -0.25) is 0 Å². The number of ether oxygens (including phenoxy) is 2. The second-order valence-corrected chi connectivity index (χ2v) is 4.41. The van der Waals surface area contributed by atoms with Crippen LogP contribution in [0.3, 0.4) is 0 Å². The molecule has 0 radical (unpaired) electrons. The molecule has 102 valence electrons. The fraction of sp³-hybridized carbons (Fsp3) is 0.500. The standard InChI is InChI=1S/C10H10F3NO2S.ClH/c11-10(12,13)7-1-2-8(14-5-7)17-6-9-15-3-4-16-9;/h1-2,5,9H,3-4,6H2;1H. The molecule has 0 unspecified atom stereocenters. The lowest BCUT2D eigenvalue weighted by Gasteiger charge is -2.09. The first kappa shape index (κ1) is 15.6. The lowest BCUT2D eigenvalue weighted by molar-refractivity contribution is -0.137. The quantitative estimate of drug-likeness (QED) is 0.803. The summed E-state index contributed by atoms with van der Waals surface area (Å²) >= 11 is 1.31. The van der Waals surface area contributed by atoms with Crippen molar-refractivity contribution in [2.24, 2.45) is 0 Å². The van der Waals surface area contributed by atoms with Crippen molar-refractivity contribution in [3.05, 3.63) is 23.9 Å². The molecular weight excluding hydrogens is 291 g/mol. The van der Waals surface area contributed by atoms with Crippen LogP contribution in [0.1, 0.15) is 5.56 Å². The fourth-order valence-corrected chi connectivity index (χ4v) is 2.08. The smallest absolute Gasteiger partial charge is 0.349 e. The minimum absolute atomic E-state index is 0. The lowest BCUT2D eigenvalue weighted by Crippen LogP contribution is -2.10. The molecule has 0 saturated carbocycles. The highest BCUT2D eigenvalue weighted by Crippen LogP contribution is 2.29. The van der Waals surface area contributed by atoms with Crippen LogP contribution < -0.4 is 0 Å². The van der Waals surface area contributed by atoms with E-state index in [1.165, 1.54) is 17.8 Å². The highest BCUT2D eigenvalue weighted by atomic mass is 35.5. The molecule has 18 heavy (non-hydrogen) atoms. The molecule has 0 N–H and O–H groups in total. The number of hydrogen-bond acceptors (Lipinski definition) is 4. The van der Waals surface area contributed by atoms with Crippen molar-refractivity contribution < 1.29 is 22.6 Å². The predicted molar refractivity (Wildman–Crippen MR) is 62.9 cm³/mol. The molecule has 3 nitrogen and oxygen atoms in total. The van der Waals surface area contributed by atoms with Crippen LogP contribution in [0.2, 0.25) is 0 Å². The fourth-order valence-electron chi connectivity index (χ4n) is 1.29. The third-order valence-electron chi connectivity index (χ3n) is 2.12. The van der Waals surface area contributed by atoms with Crippen molar-refractivity contribution in [3.8, 4) is 0 Å². The molecule has 0 aromatic carbocycles. The molecule has 1 aliphatic rings. The van der Waals surface area contributed by atoms with Crippen LogP contribution in [0.5, 0.6) is 0 Å². The second-order valence-electron chi connectivity index (χ2n) is 3.37. The van der Waals surface area contributed by atoms with Gasteiger partial charge < -0.3 is 9.47 Å². The van der Waals surface area contributed by atoms with E-state index in [1.54, 1.807) is 0 Å². The Bertz CT molecular complexity index is 368. The van der Waals surface area contributed by atoms with E-state index < -0.39 is 11.7 Å². The Balaban J connectivity index is 0.00000162. The second kappa shape index (κ2) is 6.60. The highest BCUT2D eigenvalue weighted by Gasteiger charge is 2.30. The van der Waals surface area contributed by atoms with E-state index in [1.807, 2.05) is 0 Å². The minimum Gasteiger partial charge on any atom is -0.349 e. The molecule has 1 aliphatic heterocycles. The molecule has 1 saturated heterocycles. The number of rotatable bonds is 3. The summed E-state index contributed by atoms with van der Waals surface area (Å²) in [6, 6.07) is 2.37. The van der Waals surface area contributed by atoms with Crippen molar-refractivity contribution in [2.75, 3.05) is 19.0 Å². The van der Waals surface area contributed by atoms with Crippen LogP contribution in [0.4, 0.5) is 13.2 Å². The average Bonchev–Trinajstić information content (AvgIpc) is 2.78. The Kier molecular flexibility index (Phi) is 5.71. The van der Waals surface area contributed by atoms with Crippen LogP contribution in [0.25, 0.3) is 0 Å². The largest absolute Gasteiger partial charge is 0.417 e. The van der Waals surface area contributed by atoms with Crippen molar-refractivity contribution in [3.63, 3.8) is 0 Å². The van der Waals surface area contributed by atoms with E-state index in [2.05, 4.69) is 4.98 Å². The van der Waals surface area contributed by atoms with Crippen molar-refractivity contribution >= 4 is 24.2 Å². The first-order valence-corrected chi connectivity index (χ1v) is 5.93. The summed E-state index contributed by atoms with van der Waals surface area (Å²) in [5.41, 5.74) is -0.741. The molecule has 0 spiro atoms. The first-order chi connectivity index (χ1) is 8.05. The third-order valence-corrected chi connectivity index (χ3v) is 3.10. The zero-order valence-electron chi connectivity index (χ0n) is 9.14. The van der Waals surface area contributed by atoms with Crippen LogP contribution in [-0.2, 0) is 15.7 Å². The first-order valence-electron chi connectivity index (χ1n) is 4.95. The molecule has 0 amide bonds. The zero-order chi connectivity index (χ0) is 12.3. The zero-order valence-corrected chi connectivity index (χ0v) is 10.8. The predicted octanol–water partition coefficient (Wildman–Crippen LogP) is 2.99. The van der Waals surface area contributed by atoms with Gasteiger partial charge in [-0.2, -0.15) is 13.2 Å². The van der Waals surface area contributed by atoms with E-state index in [9.17, 15) is 13.2 Å². The van der Waals surface area contributed by atoms with Gasteiger partial charge in [0, 0.05) is 6.20 Å². The summed E-state index contributed by atoms with van der Waals surface area (Å²) in [4.78, 5) is 3.74. The molecule has 1 aromatic rings. The van der Waals surface area contributed by atoms with Gasteiger partial charge in [-0.1, -0.05) is 0 Å². The van der Waals surface area contributed by atoms with Gasteiger partial charge in [-0.15, -0.1) is 24.2 Å². The number of nitrogens with zero attached hydrogens (tertiary/aromatic N) is 1. The molecule has 8 heteroatoms. The Morgan fingerprint density at radius 2 is 1.94 bits per heavy atom. The number of halogens is 4. The van der Waals surface area contributed by atoms with Crippen molar-refractivity contribution in [2.45, 2.75) is 17.5 Å². The molecule has 2 rings (SSSR count). The highest BCUT2D eigenvalue weighted by molar-refractivity contribution is 7.99. The van der Waals surface area contributed by atoms with Gasteiger partial charge in [0.2, 0.25) is 0 Å². The van der Waals surface area contributed by atoms with Crippen molar-refractivity contribution in [1.82, 2.24) is 4.98 Å². The number of aromatic nitrogens is 1. The van der Waals surface area contributed by atoms with Crippen LogP contribution in [0, 0.1) is 0 Å². The Hall–Kier alpha value is -0.500. The monoisotopic (exact) mass is 301 g/mol. The third kappa shape index (κ3) is 4.31. The van der Waals surface area contributed by atoms with E-state index >= 15 is 0 Å². The lowest BCUT2D eigenvalue weighted by atomic mass is 10.3. The molecular formula is C10H11ClF3NO2S. The Morgan fingerprint density at radius 1 is 1.28 bits per heavy atom.